The number of oxazole rings is 1. The first-order chi connectivity index (χ1) is 13.5. The molecule has 3 rings (SSSR count). The summed E-state index contributed by atoms with van der Waals surface area (Å²) < 4.78 is 10.5. The van der Waals surface area contributed by atoms with Crippen LogP contribution in [0.5, 0.6) is 0 Å². The number of urea groups is 1. The van der Waals surface area contributed by atoms with Gasteiger partial charge in [0.1, 0.15) is 5.52 Å². The molecule has 0 aliphatic heterocycles. The fourth-order valence-electron chi connectivity index (χ4n) is 3.05. The van der Waals surface area contributed by atoms with Gasteiger partial charge < -0.3 is 14.5 Å². The van der Waals surface area contributed by atoms with Crippen LogP contribution in [0.4, 0.5) is 4.79 Å². The third-order valence-corrected chi connectivity index (χ3v) is 4.51. The van der Waals surface area contributed by atoms with Gasteiger partial charge in [-0.3, -0.25) is 10.1 Å². The van der Waals surface area contributed by atoms with Gasteiger partial charge in [0.25, 0.3) is 5.91 Å². The number of imide groups is 1. The molecule has 0 bridgehead atoms. The van der Waals surface area contributed by atoms with Gasteiger partial charge in [0.05, 0.1) is 0 Å². The van der Waals surface area contributed by atoms with Crippen molar-refractivity contribution in [3.8, 4) is 0 Å². The summed E-state index contributed by atoms with van der Waals surface area (Å²) in [5, 5.41) is 4.97. The third-order valence-electron chi connectivity index (χ3n) is 4.51. The van der Waals surface area contributed by atoms with E-state index in [0.717, 1.165) is 31.8 Å². The smallest absolute Gasteiger partial charge is 0.331 e. The van der Waals surface area contributed by atoms with E-state index in [2.05, 4.69) is 15.6 Å². The summed E-state index contributed by atoms with van der Waals surface area (Å²) in [6.07, 6.45) is 6.50. The number of benzene rings is 1. The number of aromatic nitrogens is 1. The number of para-hydroxylation sites is 2. The maximum atomic E-state index is 12.0. The summed E-state index contributed by atoms with van der Waals surface area (Å²) in [5.41, 5.74) is 1.28. The molecule has 148 valence electrons. The van der Waals surface area contributed by atoms with Gasteiger partial charge in [-0.25, -0.2) is 14.6 Å². The minimum absolute atomic E-state index is 0.0821. The number of carbonyl (C=O) groups excluding carboxylic acids is 3. The minimum atomic E-state index is -1.11. The van der Waals surface area contributed by atoms with Gasteiger partial charge in [-0.05, 0) is 31.9 Å². The van der Waals surface area contributed by atoms with Crippen LogP contribution in [-0.4, -0.2) is 35.0 Å². The van der Waals surface area contributed by atoms with E-state index in [-0.39, 0.29) is 11.9 Å². The second-order valence-electron chi connectivity index (χ2n) is 6.73. The summed E-state index contributed by atoms with van der Waals surface area (Å²) in [6, 6.07) is 6.72. The largest absolute Gasteiger partial charge is 0.449 e. The van der Waals surface area contributed by atoms with Crippen LogP contribution in [-0.2, 0) is 14.3 Å². The van der Waals surface area contributed by atoms with Crippen molar-refractivity contribution in [3.63, 3.8) is 0 Å². The quantitative estimate of drug-likeness (QED) is 0.605. The van der Waals surface area contributed by atoms with E-state index >= 15 is 0 Å². The molecule has 0 saturated heterocycles. The number of fused-ring (bicyclic) bond motifs is 1. The van der Waals surface area contributed by atoms with Crippen molar-refractivity contribution in [2.24, 2.45) is 0 Å². The zero-order valence-corrected chi connectivity index (χ0v) is 15.6. The first-order valence-electron chi connectivity index (χ1n) is 9.37. The molecular formula is C20H23N3O5. The summed E-state index contributed by atoms with van der Waals surface area (Å²) in [7, 11) is 0. The molecule has 0 radical (unpaired) electrons. The maximum Gasteiger partial charge on any atom is 0.331 e. The van der Waals surface area contributed by atoms with Crippen molar-refractivity contribution in [2.75, 3.05) is 0 Å². The Hall–Kier alpha value is -3.16. The number of amides is 3. The molecule has 1 fully saturated rings. The van der Waals surface area contributed by atoms with Gasteiger partial charge in [0.2, 0.25) is 5.89 Å². The molecule has 1 saturated carbocycles. The molecule has 1 aromatic carbocycles. The van der Waals surface area contributed by atoms with Crippen LogP contribution in [0.3, 0.4) is 0 Å². The Labute approximate surface area is 162 Å². The van der Waals surface area contributed by atoms with Gasteiger partial charge in [-0.2, -0.15) is 0 Å². The molecule has 8 nitrogen and oxygen atoms in total. The van der Waals surface area contributed by atoms with Gasteiger partial charge in [-0.1, -0.05) is 31.4 Å². The van der Waals surface area contributed by atoms with Crippen molar-refractivity contribution in [3.05, 3.63) is 36.2 Å². The number of nitrogens with one attached hydrogen (secondary N) is 2. The Bertz CT molecular complexity index is 850. The van der Waals surface area contributed by atoms with E-state index in [1.807, 2.05) is 12.1 Å². The van der Waals surface area contributed by atoms with Crippen LogP contribution in [0.2, 0.25) is 0 Å². The second kappa shape index (κ2) is 9.16. The van der Waals surface area contributed by atoms with E-state index in [9.17, 15) is 14.4 Å². The van der Waals surface area contributed by atoms with Crippen molar-refractivity contribution in [2.45, 2.75) is 51.2 Å². The van der Waals surface area contributed by atoms with Gasteiger partial charge in [-0.15, -0.1) is 0 Å². The van der Waals surface area contributed by atoms with Crippen molar-refractivity contribution in [1.29, 1.82) is 0 Å². The lowest BCUT2D eigenvalue weighted by Gasteiger charge is -2.23. The van der Waals surface area contributed by atoms with Crippen molar-refractivity contribution >= 4 is 35.1 Å². The number of rotatable bonds is 5. The maximum absolute atomic E-state index is 12.0. The van der Waals surface area contributed by atoms with E-state index in [1.54, 1.807) is 12.1 Å². The van der Waals surface area contributed by atoms with Crippen LogP contribution in [0.15, 0.2) is 34.8 Å². The molecule has 1 aliphatic rings. The molecule has 3 amide bonds. The fraction of sp³-hybridized carbons (Fsp3) is 0.400. The lowest BCUT2D eigenvalue weighted by atomic mass is 9.96. The predicted molar refractivity (Wildman–Crippen MR) is 102 cm³/mol. The van der Waals surface area contributed by atoms with Gasteiger partial charge in [0, 0.05) is 18.2 Å². The number of carbonyl (C=O) groups is 3. The first kappa shape index (κ1) is 19.6. The van der Waals surface area contributed by atoms with Crippen LogP contribution < -0.4 is 10.6 Å². The average Bonchev–Trinajstić information content (AvgIpc) is 3.10. The summed E-state index contributed by atoms with van der Waals surface area (Å²) in [5.74, 6) is -1.17. The molecular weight excluding hydrogens is 362 g/mol. The zero-order valence-electron chi connectivity index (χ0n) is 15.6. The zero-order chi connectivity index (χ0) is 19.9. The standard InChI is InChI=1S/C20H23N3O5/c1-13(19(25)23-20(26)21-14-7-3-2-4-8-14)27-18(24)12-11-17-22-15-9-5-6-10-16(15)28-17/h5-6,9-14H,2-4,7-8H2,1H3,(H2,21,23,25,26)/b12-11+/t13-/m1/s1. The highest BCUT2D eigenvalue weighted by Crippen LogP contribution is 2.17. The Morgan fingerprint density at radius 2 is 1.96 bits per heavy atom. The van der Waals surface area contributed by atoms with Crippen LogP contribution in [0, 0.1) is 0 Å². The van der Waals surface area contributed by atoms with E-state index in [4.69, 9.17) is 9.15 Å². The van der Waals surface area contributed by atoms with E-state index < -0.39 is 24.0 Å². The molecule has 28 heavy (non-hydrogen) atoms. The SMILES string of the molecule is C[C@@H](OC(=O)/C=C/c1nc2ccccc2o1)C(=O)NC(=O)NC1CCCCC1. The summed E-state index contributed by atoms with van der Waals surface area (Å²) in [6.45, 7) is 1.40. The minimum Gasteiger partial charge on any atom is -0.449 e. The highest BCUT2D eigenvalue weighted by atomic mass is 16.5. The molecule has 1 aliphatic carbocycles. The Morgan fingerprint density at radius 3 is 2.71 bits per heavy atom. The highest BCUT2D eigenvalue weighted by Gasteiger charge is 2.21. The summed E-state index contributed by atoms with van der Waals surface area (Å²) >= 11 is 0. The lowest BCUT2D eigenvalue weighted by molar-refractivity contribution is -0.149. The monoisotopic (exact) mass is 385 g/mol. The Balaban J connectivity index is 1.45. The molecule has 1 atom stereocenters. The van der Waals surface area contributed by atoms with Crippen LogP contribution >= 0.6 is 0 Å². The van der Waals surface area contributed by atoms with Crippen LogP contribution in [0.25, 0.3) is 17.2 Å². The number of nitrogens with zero attached hydrogens (tertiary/aromatic N) is 1. The molecule has 8 heteroatoms. The average molecular weight is 385 g/mol. The van der Waals surface area contributed by atoms with Gasteiger partial charge >= 0.3 is 12.0 Å². The van der Waals surface area contributed by atoms with E-state index in [0.29, 0.717) is 11.1 Å². The lowest BCUT2D eigenvalue weighted by Crippen LogP contribution is -2.48. The second-order valence-corrected chi connectivity index (χ2v) is 6.73. The van der Waals surface area contributed by atoms with Gasteiger partial charge in [0.15, 0.2) is 11.7 Å². The number of hydrogen-bond acceptors (Lipinski definition) is 6. The molecule has 1 aromatic heterocycles. The van der Waals surface area contributed by atoms with E-state index in [1.165, 1.54) is 19.4 Å². The molecule has 0 spiro atoms. The number of ether oxygens (including phenoxy) is 1. The number of esters is 1. The summed E-state index contributed by atoms with van der Waals surface area (Å²) in [4.78, 5) is 40.0. The highest BCUT2D eigenvalue weighted by molar-refractivity contribution is 5.98. The third kappa shape index (κ3) is 5.42. The molecule has 2 N–H and O–H groups in total. The first-order valence-corrected chi connectivity index (χ1v) is 9.37. The Morgan fingerprint density at radius 1 is 1.21 bits per heavy atom. The van der Waals surface area contributed by atoms with Crippen LogP contribution in [0.1, 0.15) is 44.9 Å². The fourth-order valence-corrected chi connectivity index (χ4v) is 3.05. The normalized spacial score (nSPS) is 16.0. The topological polar surface area (TPSA) is 111 Å². The number of hydrogen-bond donors (Lipinski definition) is 2. The van der Waals surface area contributed by atoms with Crippen molar-refractivity contribution in [1.82, 2.24) is 15.6 Å². The predicted octanol–water partition coefficient (Wildman–Crippen LogP) is 2.93. The van der Waals surface area contributed by atoms with Crippen molar-refractivity contribution < 1.29 is 23.5 Å². The molecule has 1 heterocycles. The molecule has 2 aromatic rings. The molecule has 0 unspecified atom stereocenters. The Kier molecular flexibility index (Phi) is 6.41.